The summed E-state index contributed by atoms with van der Waals surface area (Å²) in [4.78, 5) is 24.0. The molecule has 0 bridgehead atoms. The summed E-state index contributed by atoms with van der Waals surface area (Å²) in [5.41, 5.74) is 7.90. The highest BCUT2D eigenvalue weighted by molar-refractivity contribution is 5.79. The van der Waals surface area contributed by atoms with Gasteiger partial charge in [0.2, 0.25) is 0 Å². The molecule has 1 amide bonds. The molecule has 0 saturated heterocycles. The van der Waals surface area contributed by atoms with E-state index in [1.807, 2.05) is 56.3 Å². The van der Waals surface area contributed by atoms with Crippen molar-refractivity contribution in [1.82, 2.24) is 5.32 Å². The van der Waals surface area contributed by atoms with E-state index >= 15 is 0 Å². The first kappa shape index (κ1) is 21.6. The second kappa shape index (κ2) is 9.27. The number of ether oxygens (including phenoxy) is 1. The molecule has 2 N–H and O–H groups in total. The van der Waals surface area contributed by atoms with Gasteiger partial charge in [0.1, 0.15) is 6.61 Å². The Bertz CT molecular complexity index is 1110. The zero-order valence-electron chi connectivity index (χ0n) is 18.3. The second-order valence-corrected chi connectivity index (χ2v) is 8.39. The Balaban J connectivity index is 1.43. The Kier molecular flexibility index (Phi) is 6.26. The normalized spacial score (nSPS) is 13.2. The number of benzene rings is 3. The van der Waals surface area contributed by atoms with Crippen LogP contribution >= 0.6 is 0 Å². The molecule has 3 aromatic carbocycles. The van der Waals surface area contributed by atoms with E-state index < -0.39 is 18.1 Å². The van der Waals surface area contributed by atoms with Crippen LogP contribution in [0.4, 0.5) is 4.79 Å². The highest BCUT2D eigenvalue weighted by Gasteiger charge is 2.29. The predicted molar refractivity (Wildman–Crippen MR) is 124 cm³/mol. The number of amides is 1. The lowest BCUT2D eigenvalue weighted by Crippen LogP contribution is -2.39. The average molecular weight is 430 g/mol. The van der Waals surface area contributed by atoms with Gasteiger partial charge in [0.15, 0.2) is 0 Å². The summed E-state index contributed by atoms with van der Waals surface area (Å²) in [5, 5.41) is 12.1. The first-order valence-electron chi connectivity index (χ1n) is 10.8. The maximum atomic E-state index is 12.6. The van der Waals surface area contributed by atoms with Crippen molar-refractivity contribution in [3.8, 4) is 11.1 Å². The predicted octanol–water partition coefficient (Wildman–Crippen LogP) is 5.23. The van der Waals surface area contributed by atoms with E-state index in [0.717, 1.165) is 33.4 Å². The van der Waals surface area contributed by atoms with Crippen LogP contribution in [-0.2, 0) is 16.0 Å². The Labute approximate surface area is 188 Å². The zero-order valence-corrected chi connectivity index (χ0v) is 18.3. The molecule has 5 heteroatoms. The van der Waals surface area contributed by atoms with Gasteiger partial charge >= 0.3 is 12.1 Å². The minimum atomic E-state index is -0.960. The summed E-state index contributed by atoms with van der Waals surface area (Å²) in [5.74, 6) is -0.997. The third kappa shape index (κ3) is 4.67. The number of rotatable bonds is 7. The lowest BCUT2D eigenvalue weighted by molar-refractivity contribution is -0.137. The van der Waals surface area contributed by atoms with E-state index in [1.54, 1.807) is 0 Å². The highest BCUT2D eigenvalue weighted by Crippen LogP contribution is 2.44. The van der Waals surface area contributed by atoms with Crippen LogP contribution in [-0.4, -0.2) is 29.8 Å². The molecule has 1 aliphatic rings. The van der Waals surface area contributed by atoms with E-state index in [9.17, 15) is 14.7 Å². The lowest BCUT2D eigenvalue weighted by Gasteiger charge is -2.19. The van der Waals surface area contributed by atoms with Crippen LogP contribution in [0.15, 0.2) is 66.7 Å². The van der Waals surface area contributed by atoms with Crippen LogP contribution in [0, 0.1) is 13.8 Å². The highest BCUT2D eigenvalue weighted by atomic mass is 16.5. The smallest absolute Gasteiger partial charge is 0.407 e. The summed E-state index contributed by atoms with van der Waals surface area (Å²) in [7, 11) is 0. The Morgan fingerprint density at radius 1 is 0.938 bits per heavy atom. The number of aryl methyl sites for hydroxylation is 2. The SMILES string of the molecule is Cc1ccc(CC(CC(=O)O)NC(=O)OCC2c3ccccc3-c3ccccc32)cc1C. The number of carboxylic acid groups (broad SMARTS) is 1. The van der Waals surface area contributed by atoms with Gasteiger partial charge in [0.05, 0.1) is 6.42 Å². The summed E-state index contributed by atoms with van der Waals surface area (Å²) in [6.07, 6.45) is -0.337. The maximum Gasteiger partial charge on any atom is 0.407 e. The number of hydrogen-bond acceptors (Lipinski definition) is 3. The van der Waals surface area contributed by atoms with E-state index in [-0.39, 0.29) is 18.9 Å². The molecule has 0 aromatic heterocycles. The van der Waals surface area contributed by atoms with Crippen LogP contribution in [0.3, 0.4) is 0 Å². The van der Waals surface area contributed by atoms with Gasteiger partial charge in [-0.05, 0) is 59.2 Å². The molecule has 0 aliphatic heterocycles. The van der Waals surface area contributed by atoms with Crippen LogP contribution in [0.2, 0.25) is 0 Å². The Morgan fingerprint density at radius 2 is 1.56 bits per heavy atom. The van der Waals surface area contributed by atoms with E-state index in [0.29, 0.717) is 6.42 Å². The van der Waals surface area contributed by atoms with Crippen molar-refractivity contribution in [2.75, 3.05) is 6.61 Å². The molecule has 0 fully saturated rings. The third-order valence-electron chi connectivity index (χ3n) is 6.14. The minimum Gasteiger partial charge on any atom is -0.481 e. The lowest BCUT2D eigenvalue weighted by atomic mass is 9.98. The van der Waals surface area contributed by atoms with Crippen LogP contribution in [0.5, 0.6) is 0 Å². The summed E-state index contributed by atoms with van der Waals surface area (Å²) < 4.78 is 5.59. The van der Waals surface area contributed by atoms with Crippen molar-refractivity contribution in [2.45, 2.75) is 38.6 Å². The Morgan fingerprint density at radius 3 is 2.16 bits per heavy atom. The topological polar surface area (TPSA) is 75.6 Å². The molecule has 1 aliphatic carbocycles. The van der Waals surface area contributed by atoms with Gasteiger partial charge in [-0.15, -0.1) is 0 Å². The standard InChI is InChI=1S/C27H27NO4/c1-17-11-12-19(13-18(17)2)14-20(15-26(29)30)28-27(31)32-16-25-23-9-5-3-7-21(23)22-8-4-6-10-24(22)25/h3-13,20,25H,14-16H2,1-2H3,(H,28,31)(H,29,30). The largest absolute Gasteiger partial charge is 0.481 e. The van der Waals surface area contributed by atoms with Gasteiger partial charge in [-0.3, -0.25) is 4.79 Å². The summed E-state index contributed by atoms with van der Waals surface area (Å²) in [6, 6.07) is 21.8. The number of nitrogens with one attached hydrogen (secondary N) is 1. The quantitative estimate of drug-likeness (QED) is 0.539. The van der Waals surface area contributed by atoms with Crippen molar-refractivity contribution < 1.29 is 19.4 Å². The molecule has 0 radical (unpaired) electrons. The third-order valence-corrected chi connectivity index (χ3v) is 6.14. The van der Waals surface area contributed by atoms with Crippen molar-refractivity contribution in [2.24, 2.45) is 0 Å². The van der Waals surface area contributed by atoms with Gasteiger partial charge in [-0.25, -0.2) is 4.79 Å². The molecule has 0 spiro atoms. The van der Waals surface area contributed by atoms with Gasteiger partial charge < -0.3 is 15.2 Å². The first-order valence-corrected chi connectivity index (χ1v) is 10.8. The van der Waals surface area contributed by atoms with Crippen molar-refractivity contribution in [3.63, 3.8) is 0 Å². The molecular formula is C27H27NO4. The van der Waals surface area contributed by atoms with Crippen LogP contribution in [0.1, 0.15) is 40.2 Å². The zero-order chi connectivity index (χ0) is 22.7. The molecule has 4 rings (SSSR count). The number of carbonyl (C=O) groups is 2. The van der Waals surface area contributed by atoms with E-state index in [4.69, 9.17) is 4.74 Å². The molecule has 1 atom stereocenters. The van der Waals surface area contributed by atoms with E-state index in [2.05, 4.69) is 29.6 Å². The molecule has 164 valence electrons. The maximum absolute atomic E-state index is 12.6. The van der Waals surface area contributed by atoms with Crippen molar-refractivity contribution in [1.29, 1.82) is 0 Å². The van der Waals surface area contributed by atoms with Crippen LogP contribution in [0.25, 0.3) is 11.1 Å². The summed E-state index contributed by atoms with van der Waals surface area (Å²) in [6.45, 7) is 4.25. The van der Waals surface area contributed by atoms with Gasteiger partial charge in [0, 0.05) is 12.0 Å². The molecule has 0 heterocycles. The second-order valence-electron chi connectivity index (χ2n) is 8.39. The first-order chi connectivity index (χ1) is 15.4. The van der Waals surface area contributed by atoms with Crippen molar-refractivity contribution in [3.05, 3.63) is 94.5 Å². The van der Waals surface area contributed by atoms with Gasteiger partial charge in [-0.2, -0.15) is 0 Å². The van der Waals surface area contributed by atoms with Crippen molar-refractivity contribution >= 4 is 12.1 Å². The van der Waals surface area contributed by atoms with Crippen LogP contribution < -0.4 is 5.32 Å². The number of alkyl carbamates (subject to hydrolysis) is 1. The molecule has 1 unspecified atom stereocenters. The number of aliphatic carboxylic acids is 1. The fraction of sp³-hybridized carbons (Fsp3) is 0.259. The van der Waals surface area contributed by atoms with Gasteiger partial charge in [-0.1, -0.05) is 66.7 Å². The minimum absolute atomic E-state index is 0.0363. The number of carboxylic acids is 1. The molecule has 5 nitrogen and oxygen atoms in total. The summed E-state index contributed by atoms with van der Waals surface area (Å²) >= 11 is 0. The number of hydrogen-bond donors (Lipinski definition) is 2. The molecule has 0 saturated carbocycles. The fourth-order valence-corrected chi connectivity index (χ4v) is 4.41. The number of carbonyl (C=O) groups excluding carboxylic acids is 1. The molecular weight excluding hydrogens is 402 g/mol. The molecule has 32 heavy (non-hydrogen) atoms. The average Bonchev–Trinajstić information content (AvgIpc) is 3.08. The monoisotopic (exact) mass is 429 g/mol. The fourth-order valence-electron chi connectivity index (χ4n) is 4.41. The van der Waals surface area contributed by atoms with Gasteiger partial charge in [0.25, 0.3) is 0 Å². The number of fused-ring (bicyclic) bond motifs is 3. The Hall–Kier alpha value is -3.60. The van der Waals surface area contributed by atoms with E-state index in [1.165, 1.54) is 5.56 Å². The molecule has 3 aromatic rings.